The molecule has 0 N–H and O–H groups in total. The molecule has 0 saturated heterocycles. The molecule has 3 rings (SSSR count). The van der Waals surface area contributed by atoms with E-state index in [1.165, 1.54) is 4.90 Å². The van der Waals surface area contributed by atoms with Gasteiger partial charge in [-0.2, -0.15) is 0 Å². The van der Waals surface area contributed by atoms with Crippen LogP contribution < -0.4 is 4.90 Å². The Morgan fingerprint density at radius 3 is 2.52 bits per heavy atom. The zero-order valence-electron chi connectivity index (χ0n) is 14.2. The third-order valence-corrected chi connectivity index (χ3v) is 4.20. The number of ether oxygens (including phenoxy) is 2. The van der Waals surface area contributed by atoms with Crippen LogP contribution in [0.25, 0.3) is 0 Å². The number of fused-ring (bicyclic) bond motifs is 1. The fourth-order valence-electron chi connectivity index (χ4n) is 2.98. The van der Waals surface area contributed by atoms with E-state index >= 15 is 0 Å². The van der Waals surface area contributed by atoms with Crippen LogP contribution in [0.5, 0.6) is 0 Å². The lowest BCUT2D eigenvalue weighted by Crippen LogP contribution is -2.43. The molecule has 1 unspecified atom stereocenters. The fraction of sp³-hybridized carbons (Fsp3) is 0.300. The SMILES string of the molecule is CCOC(=O)C1Cc2ccccc2N(C(=O)OCc2ccccc2)C1. The maximum absolute atomic E-state index is 12.6. The average Bonchev–Trinajstić information content (AvgIpc) is 2.66. The van der Waals surface area contributed by atoms with Crippen LogP contribution in [0.2, 0.25) is 0 Å². The molecule has 1 aliphatic rings. The van der Waals surface area contributed by atoms with Gasteiger partial charge in [0.05, 0.1) is 18.2 Å². The van der Waals surface area contributed by atoms with Crippen molar-refractivity contribution in [3.05, 3.63) is 65.7 Å². The summed E-state index contributed by atoms with van der Waals surface area (Å²) in [5.74, 6) is -0.656. The highest BCUT2D eigenvalue weighted by atomic mass is 16.6. The molecule has 0 fully saturated rings. The van der Waals surface area contributed by atoms with Gasteiger partial charge in [-0.05, 0) is 30.5 Å². The van der Waals surface area contributed by atoms with Crippen molar-refractivity contribution in [1.82, 2.24) is 0 Å². The van der Waals surface area contributed by atoms with Crippen LogP contribution in [-0.4, -0.2) is 25.2 Å². The number of amides is 1. The number of benzene rings is 2. The first-order valence-electron chi connectivity index (χ1n) is 8.41. The Balaban J connectivity index is 1.76. The monoisotopic (exact) mass is 339 g/mol. The van der Waals surface area contributed by atoms with Crippen molar-refractivity contribution in [1.29, 1.82) is 0 Å². The Kier molecular flexibility index (Phi) is 5.33. The molecule has 0 bridgehead atoms. The maximum atomic E-state index is 12.6. The summed E-state index contributed by atoms with van der Waals surface area (Å²) in [4.78, 5) is 26.3. The van der Waals surface area contributed by atoms with Gasteiger partial charge in [-0.1, -0.05) is 48.5 Å². The second kappa shape index (κ2) is 7.83. The van der Waals surface area contributed by atoms with Crippen LogP contribution in [0.4, 0.5) is 10.5 Å². The van der Waals surface area contributed by atoms with Gasteiger partial charge in [0.25, 0.3) is 0 Å². The second-order valence-electron chi connectivity index (χ2n) is 5.93. The molecule has 1 atom stereocenters. The normalized spacial score (nSPS) is 16.0. The molecule has 5 heteroatoms. The van der Waals surface area contributed by atoms with Crippen LogP contribution in [0, 0.1) is 5.92 Å². The zero-order valence-corrected chi connectivity index (χ0v) is 14.2. The topological polar surface area (TPSA) is 55.8 Å². The maximum Gasteiger partial charge on any atom is 0.414 e. The van der Waals surface area contributed by atoms with Crippen molar-refractivity contribution in [3.63, 3.8) is 0 Å². The number of carbonyl (C=O) groups excluding carboxylic acids is 2. The predicted octanol–water partition coefficient (Wildman–Crippen LogP) is 3.57. The summed E-state index contributed by atoms with van der Waals surface area (Å²) >= 11 is 0. The van der Waals surface area contributed by atoms with Gasteiger partial charge in [0.15, 0.2) is 0 Å². The van der Waals surface area contributed by atoms with Crippen LogP contribution >= 0.6 is 0 Å². The lowest BCUT2D eigenvalue weighted by atomic mass is 9.93. The van der Waals surface area contributed by atoms with Crippen molar-refractivity contribution in [2.45, 2.75) is 20.0 Å². The van der Waals surface area contributed by atoms with Crippen molar-refractivity contribution < 1.29 is 19.1 Å². The van der Waals surface area contributed by atoms with Gasteiger partial charge in [-0.15, -0.1) is 0 Å². The summed E-state index contributed by atoms with van der Waals surface area (Å²) in [6.07, 6.45) is 0.114. The van der Waals surface area contributed by atoms with Crippen LogP contribution in [0.1, 0.15) is 18.1 Å². The smallest absolute Gasteiger partial charge is 0.414 e. The summed E-state index contributed by atoms with van der Waals surface area (Å²) in [7, 11) is 0. The summed E-state index contributed by atoms with van der Waals surface area (Å²) < 4.78 is 10.6. The Morgan fingerprint density at radius 1 is 1.04 bits per heavy atom. The van der Waals surface area contributed by atoms with E-state index in [-0.39, 0.29) is 25.0 Å². The van der Waals surface area contributed by atoms with Gasteiger partial charge in [-0.25, -0.2) is 4.79 Å². The summed E-state index contributed by atoms with van der Waals surface area (Å²) in [5, 5.41) is 0. The van der Waals surface area contributed by atoms with E-state index in [0.29, 0.717) is 13.0 Å². The fourth-order valence-corrected chi connectivity index (χ4v) is 2.98. The molecule has 0 saturated carbocycles. The molecule has 25 heavy (non-hydrogen) atoms. The number of esters is 1. The molecular weight excluding hydrogens is 318 g/mol. The van der Waals surface area contributed by atoms with Gasteiger partial charge < -0.3 is 9.47 Å². The van der Waals surface area contributed by atoms with E-state index in [0.717, 1.165) is 16.8 Å². The molecule has 0 aromatic heterocycles. The molecule has 130 valence electrons. The number of hydrogen-bond donors (Lipinski definition) is 0. The number of anilines is 1. The highest BCUT2D eigenvalue weighted by molar-refractivity contribution is 5.91. The van der Waals surface area contributed by atoms with Crippen molar-refractivity contribution in [2.24, 2.45) is 5.92 Å². The largest absolute Gasteiger partial charge is 0.466 e. The van der Waals surface area contributed by atoms with Crippen molar-refractivity contribution in [2.75, 3.05) is 18.1 Å². The molecule has 0 aliphatic carbocycles. The predicted molar refractivity (Wildman–Crippen MR) is 94.2 cm³/mol. The molecule has 0 radical (unpaired) electrons. The Morgan fingerprint density at radius 2 is 1.76 bits per heavy atom. The van der Waals surface area contributed by atoms with Gasteiger partial charge in [0.2, 0.25) is 0 Å². The molecule has 1 heterocycles. The lowest BCUT2D eigenvalue weighted by Gasteiger charge is -2.32. The summed E-state index contributed by atoms with van der Waals surface area (Å²) in [6, 6.07) is 17.1. The standard InChI is InChI=1S/C20H21NO4/c1-2-24-19(22)17-12-16-10-6-7-11-18(16)21(13-17)20(23)25-14-15-8-4-3-5-9-15/h3-11,17H,2,12-14H2,1H3. The third-order valence-electron chi connectivity index (χ3n) is 4.20. The minimum Gasteiger partial charge on any atom is -0.466 e. The van der Waals surface area contributed by atoms with Gasteiger partial charge in [0, 0.05) is 6.54 Å². The van der Waals surface area contributed by atoms with Crippen molar-refractivity contribution in [3.8, 4) is 0 Å². The summed E-state index contributed by atoms with van der Waals surface area (Å²) in [5.41, 5.74) is 2.66. The first kappa shape index (κ1) is 17.0. The molecule has 2 aromatic rings. The number of nitrogens with zero attached hydrogens (tertiary/aromatic N) is 1. The molecule has 2 aromatic carbocycles. The number of hydrogen-bond acceptors (Lipinski definition) is 4. The van der Waals surface area contributed by atoms with E-state index in [9.17, 15) is 9.59 Å². The van der Waals surface area contributed by atoms with E-state index in [1.54, 1.807) is 6.92 Å². The van der Waals surface area contributed by atoms with Crippen LogP contribution in [-0.2, 0) is 27.3 Å². The summed E-state index contributed by atoms with van der Waals surface area (Å²) in [6.45, 7) is 2.57. The van der Waals surface area contributed by atoms with Gasteiger partial charge in [-0.3, -0.25) is 9.69 Å². The number of rotatable bonds is 4. The highest BCUT2D eigenvalue weighted by Crippen LogP contribution is 2.30. The van der Waals surface area contributed by atoms with Gasteiger partial charge in [0.1, 0.15) is 6.61 Å². The van der Waals surface area contributed by atoms with E-state index in [2.05, 4.69) is 0 Å². The lowest BCUT2D eigenvalue weighted by molar-refractivity contribution is -0.147. The molecule has 5 nitrogen and oxygen atoms in total. The number of carbonyl (C=O) groups is 2. The Hall–Kier alpha value is -2.82. The highest BCUT2D eigenvalue weighted by Gasteiger charge is 2.33. The first-order chi connectivity index (χ1) is 12.2. The Labute approximate surface area is 147 Å². The van der Waals surface area contributed by atoms with Crippen LogP contribution in [0.15, 0.2) is 54.6 Å². The minimum absolute atomic E-state index is 0.197. The average molecular weight is 339 g/mol. The molecular formula is C20H21NO4. The number of para-hydroxylation sites is 1. The van der Waals surface area contributed by atoms with Gasteiger partial charge >= 0.3 is 12.1 Å². The molecule has 1 amide bonds. The van der Waals surface area contributed by atoms with E-state index in [1.807, 2.05) is 54.6 Å². The van der Waals surface area contributed by atoms with Crippen LogP contribution in [0.3, 0.4) is 0 Å². The Bertz CT molecular complexity index is 744. The zero-order chi connectivity index (χ0) is 17.6. The second-order valence-corrected chi connectivity index (χ2v) is 5.93. The minimum atomic E-state index is -0.453. The molecule has 1 aliphatic heterocycles. The van der Waals surface area contributed by atoms with E-state index < -0.39 is 6.09 Å². The quantitative estimate of drug-likeness (QED) is 0.799. The molecule has 0 spiro atoms. The van der Waals surface area contributed by atoms with Crippen molar-refractivity contribution >= 4 is 17.7 Å². The first-order valence-corrected chi connectivity index (χ1v) is 8.41. The third kappa shape index (κ3) is 3.99. The van der Waals surface area contributed by atoms with E-state index in [4.69, 9.17) is 9.47 Å².